The summed E-state index contributed by atoms with van der Waals surface area (Å²) in [6.45, 7) is 4.62. The second kappa shape index (κ2) is 7.79. The number of rotatable bonds is 4. The summed E-state index contributed by atoms with van der Waals surface area (Å²) in [5, 5.41) is 6.18. The highest BCUT2D eigenvalue weighted by atomic mass is 35.5. The van der Waals surface area contributed by atoms with Gasteiger partial charge in [-0.15, -0.1) is 0 Å². The minimum Gasteiger partial charge on any atom is -0.491 e. The maximum absolute atomic E-state index is 12.4. The lowest BCUT2D eigenvalue weighted by Gasteiger charge is -2.13. The fourth-order valence-corrected chi connectivity index (χ4v) is 3.03. The summed E-state index contributed by atoms with van der Waals surface area (Å²) in [5.41, 5.74) is 3.87. The normalized spacial score (nSPS) is 16.1. The highest BCUT2D eigenvalue weighted by Crippen LogP contribution is 2.31. The molecule has 0 bridgehead atoms. The number of carbonyl (C=O) groups is 2. The number of ether oxygens (including phenoxy) is 1. The van der Waals surface area contributed by atoms with E-state index in [0.29, 0.717) is 23.0 Å². The Morgan fingerprint density at radius 1 is 1.27 bits per heavy atom. The number of hydrogen-bond donors (Lipinski definition) is 2. The summed E-state index contributed by atoms with van der Waals surface area (Å²) in [5.74, 6) is -0.424. The topological polar surface area (TPSA) is 67.4 Å². The molecule has 5 nitrogen and oxygen atoms in total. The van der Waals surface area contributed by atoms with Crippen LogP contribution in [0, 0.1) is 19.8 Å². The lowest BCUT2D eigenvalue weighted by atomic mass is 10.0. The second-order valence-corrected chi connectivity index (χ2v) is 6.98. The van der Waals surface area contributed by atoms with Crippen molar-refractivity contribution in [2.24, 2.45) is 5.92 Å². The Morgan fingerprint density at radius 2 is 2.08 bits per heavy atom. The van der Waals surface area contributed by atoms with Crippen molar-refractivity contribution in [1.82, 2.24) is 5.32 Å². The van der Waals surface area contributed by atoms with Gasteiger partial charge in [0.05, 0.1) is 11.6 Å². The minimum absolute atomic E-state index is 0.0679. The predicted octanol–water partition coefficient (Wildman–Crippen LogP) is 3.61. The molecular formula is C20H21ClN2O3. The number of amides is 2. The monoisotopic (exact) mass is 372 g/mol. The highest BCUT2D eigenvalue weighted by Gasteiger charge is 2.27. The number of anilines is 1. The molecule has 1 heterocycles. The maximum Gasteiger partial charge on any atom is 0.231 e. The van der Waals surface area contributed by atoms with Gasteiger partial charge in [-0.05, 0) is 43.2 Å². The first-order valence-corrected chi connectivity index (χ1v) is 8.86. The predicted molar refractivity (Wildman–Crippen MR) is 101 cm³/mol. The van der Waals surface area contributed by atoms with E-state index in [2.05, 4.69) is 16.7 Å². The van der Waals surface area contributed by atoms with E-state index in [4.69, 9.17) is 16.3 Å². The van der Waals surface area contributed by atoms with Crippen LogP contribution in [0.2, 0.25) is 5.02 Å². The standard InChI is InChI=1S/C20H21ClN2O3/c1-12-3-4-13(2)14(7-12)10-22-19(24)8-15-11-26-18-6-5-16(21)9-17(18)23-20(15)25/h3-7,9,15H,8,10-11H2,1-2H3,(H,22,24)(H,23,25). The molecule has 136 valence electrons. The molecule has 0 saturated heterocycles. The number of hydrogen-bond acceptors (Lipinski definition) is 3. The van der Waals surface area contributed by atoms with Crippen molar-refractivity contribution < 1.29 is 14.3 Å². The first-order valence-electron chi connectivity index (χ1n) is 8.48. The van der Waals surface area contributed by atoms with Crippen LogP contribution in [0.5, 0.6) is 5.75 Å². The van der Waals surface area contributed by atoms with Gasteiger partial charge in [-0.25, -0.2) is 0 Å². The molecule has 0 saturated carbocycles. The first-order chi connectivity index (χ1) is 12.4. The Morgan fingerprint density at radius 3 is 2.88 bits per heavy atom. The zero-order chi connectivity index (χ0) is 18.7. The van der Waals surface area contributed by atoms with Crippen LogP contribution in [0.25, 0.3) is 0 Å². The molecule has 2 aromatic rings. The number of fused-ring (bicyclic) bond motifs is 1. The van der Waals surface area contributed by atoms with E-state index in [-0.39, 0.29) is 24.8 Å². The second-order valence-electron chi connectivity index (χ2n) is 6.55. The molecule has 2 amide bonds. The van der Waals surface area contributed by atoms with Crippen LogP contribution in [-0.4, -0.2) is 18.4 Å². The lowest BCUT2D eigenvalue weighted by molar-refractivity contribution is -0.128. The molecule has 1 aliphatic heterocycles. The molecule has 1 unspecified atom stereocenters. The quantitative estimate of drug-likeness (QED) is 0.861. The average Bonchev–Trinajstić information content (AvgIpc) is 2.74. The van der Waals surface area contributed by atoms with Gasteiger partial charge < -0.3 is 15.4 Å². The number of benzene rings is 2. The van der Waals surface area contributed by atoms with Gasteiger partial charge in [-0.1, -0.05) is 35.4 Å². The van der Waals surface area contributed by atoms with Crippen molar-refractivity contribution in [2.45, 2.75) is 26.8 Å². The largest absolute Gasteiger partial charge is 0.491 e. The van der Waals surface area contributed by atoms with E-state index in [1.165, 1.54) is 0 Å². The van der Waals surface area contributed by atoms with Gasteiger partial charge >= 0.3 is 0 Å². The van der Waals surface area contributed by atoms with Gasteiger partial charge in [0.25, 0.3) is 0 Å². The van der Waals surface area contributed by atoms with Gasteiger partial charge in [0.1, 0.15) is 12.4 Å². The Kier molecular flexibility index (Phi) is 5.47. The molecule has 0 radical (unpaired) electrons. The smallest absolute Gasteiger partial charge is 0.231 e. The molecular weight excluding hydrogens is 352 g/mol. The summed E-state index contributed by atoms with van der Waals surface area (Å²) >= 11 is 5.95. The summed E-state index contributed by atoms with van der Waals surface area (Å²) in [6, 6.07) is 11.2. The van der Waals surface area contributed by atoms with Crippen LogP contribution in [0.1, 0.15) is 23.1 Å². The van der Waals surface area contributed by atoms with Crippen molar-refractivity contribution in [1.29, 1.82) is 0 Å². The van der Waals surface area contributed by atoms with Crippen LogP contribution in [0.3, 0.4) is 0 Å². The molecule has 3 rings (SSSR count). The highest BCUT2D eigenvalue weighted by molar-refractivity contribution is 6.31. The molecule has 0 aliphatic carbocycles. The summed E-state index contributed by atoms with van der Waals surface area (Å²) in [4.78, 5) is 24.7. The zero-order valence-electron chi connectivity index (χ0n) is 14.8. The molecule has 6 heteroatoms. The van der Waals surface area contributed by atoms with Crippen molar-refractivity contribution in [3.8, 4) is 5.75 Å². The van der Waals surface area contributed by atoms with Crippen LogP contribution < -0.4 is 15.4 Å². The van der Waals surface area contributed by atoms with Crippen molar-refractivity contribution >= 4 is 29.1 Å². The van der Waals surface area contributed by atoms with E-state index in [1.54, 1.807) is 18.2 Å². The fourth-order valence-electron chi connectivity index (χ4n) is 2.86. The van der Waals surface area contributed by atoms with Crippen LogP contribution >= 0.6 is 11.6 Å². The average molecular weight is 373 g/mol. The van der Waals surface area contributed by atoms with E-state index in [0.717, 1.165) is 16.7 Å². The first kappa shape index (κ1) is 18.3. The van der Waals surface area contributed by atoms with Crippen LogP contribution in [-0.2, 0) is 16.1 Å². The van der Waals surface area contributed by atoms with Gasteiger partial charge in [-0.3, -0.25) is 9.59 Å². The Bertz CT molecular complexity index is 851. The molecule has 1 aliphatic rings. The lowest BCUT2D eigenvalue weighted by Crippen LogP contribution is -2.32. The minimum atomic E-state index is -0.556. The third-order valence-corrected chi connectivity index (χ3v) is 4.66. The fraction of sp³-hybridized carbons (Fsp3) is 0.300. The van der Waals surface area contributed by atoms with E-state index in [9.17, 15) is 9.59 Å². The molecule has 0 spiro atoms. The summed E-state index contributed by atoms with van der Waals surface area (Å²) in [6.07, 6.45) is 0.0679. The van der Waals surface area contributed by atoms with E-state index >= 15 is 0 Å². The van der Waals surface area contributed by atoms with Gasteiger partial charge in [0, 0.05) is 18.0 Å². The van der Waals surface area contributed by atoms with Crippen molar-refractivity contribution in [3.05, 3.63) is 58.1 Å². The van der Waals surface area contributed by atoms with E-state index in [1.807, 2.05) is 26.0 Å². The molecule has 2 aromatic carbocycles. The third-order valence-electron chi connectivity index (χ3n) is 4.42. The Balaban J connectivity index is 1.59. The van der Waals surface area contributed by atoms with Gasteiger partial charge in [-0.2, -0.15) is 0 Å². The molecule has 0 fully saturated rings. The zero-order valence-corrected chi connectivity index (χ0v) is 15.5. The van der Waals surface area contributed by atoms with E-state index < -0.39 is 5.92 Å². The Hall–Kier alpha value is -2.53. The van der Waals surface area contributed by atoms with Crippen molar-refractivity contribution in [2.75, 3.05) is 11.9 Å². The maximum atomic E-state index is 12.4. The number of nitrogens with one attached hydrogen (secondary N) is 2. The molecule has 0 aromatic heterocycles. The molecule has 1 atom stereocenters. The summed E-state index contributed by atoms with van der Waals surface area (Å²) < 4.78 is 5.66. The number of halogens is 1. The number of aryl methyl sites for hydroxylation is 2. The van der Waals surface area contributed by atoms with Crippen LogP contribution in [0.15, 0.2) is 36.4 Å². The SMILES string of the molecule is Cc1ccc(C)c(CNC(=O)CC2COc3ccc(Cl)cc3NC2=O)c1. The molecule has 26 heavy (non-hydrogen) atoms. The van der Waals surface area contributed by atoms with Crippen LogP contribution in [0.4, 0.5) is 5.69 Å². The third kappa shape index (κ3) is 4.35. The molecule has 2 N–H and O–H groups in total. The van der Waals surface area contributed by atoms with Gasteiger partial charge in [0.2, 0.25) is 11.8 Å². The summed E-state index contributed by atoms with van der Waals surface area (Å²) in [7, 11) is 0. The van der Waals surface area contributed by atoms with Gasteiger partial charge in [0.15, 0.2) is 0 Å². The number of carbonyl (C=O) groups excluding carboxylic acids is 2. The Labute approximate surface area is 157 Å². The van der Waals surface area contributed by atoms with Crippen molar-refractivity contribution in [3.63, 3.8) is 0 Å².